The molecule has 9 nitrogen and oxygen atoms in total. The number of rotatable bonds is 12. The smallest absolute Gasteiger partial charge is 0.326 e. The van der Waals surface area contributed by atoms with Crippen LogP contribution in [0.5, 0.6) is 0 Å². The van der Waals surface area contributed by atoms with E-state index in [2.05, 4.69) is 28.6 Å². The molecular formula is C19H36N4O5S. The molecular weight excluding hydrogens is 396 g/mol. The van der Waals surface area contributed by atoms with E-state index in [9.17, 15) is 24.3 Å². The summed E-state index contributed by atoms with van der Waals surface area (Å²) in [4.78, 5) is 48.8. The van der Waals surface area contributed by atoms with Crippen molar-refractivity contribution in [3.63, 3.8) is 0 Å². The molecule has 0 aromatic carbocycles. The zero-order chi connectivity index (χ0) is 22.9. The highest BCUT2D eigenvalue weighted by Crippen LogP contribution is 2.08. The second-order valence-corrected chi connectivity index (χ2v) is 8.32. The second kappa shape index (κ2) is 12.7. The molecule has 0 rings (SSSR count). The fourth-order valence-corrected chi connectivity index (χ4v) is 2.78. The Hall–Kier alpha value is -1.81. The Morgan fingerprint density at radius 2 is 1.34 bits per heavy atom. The summed E-state index contributed by atoms with van der Waals surface area (Å²) >= 11 is 4.11. The molecule has 29 heavy (non-hydrogen) atoms. The van der Waals surface area contributed by atoms with Crippen LogP contribution in [-0.2, 0) is 19.2 Å². The largest absolute Gasteiger partial charge is 0.480 e. The van der Waals surface area contributed by atoms with Gasteiger partial charge in [-0.1, -0.05) is 48.0 Å². The third-order valence-electron chi connectivity index (χ3n) is 4.85. The molecule has 0 spiro atoms. The van der Waals surface area contributed by atoms with Gasteiger partial charge in [0, 0.05) is 5.75 Å². The fraction of sp³-hybridized carbons (Fsp3) is 0.789. The molecule has 5 unspecified atom stereocenters. The molecule has 10 heteroatoms. The fourth-order valence-electron chi connectivity index (χ4n) is 2.52. The van der Waals surface area contributed by atoms with Gasteiger partial charge in [0.05, 0.1) is 6.04 Å². The van der Waals surface area contributed by atoms with Crippen molar-refractivity contribution < 1.29 is 24.3 Å². The molecule has 0 radical (unpaired) electrons. The zero-order valence-electron chi connectivity index (χ0n) is 18.1. The number of carbonyl (C=O) groups excluding carboxylic acids is 3. The normalized spacial score (nSPS) is 16.5. The van der Waals surface area contributed by atoms with Gasteiger partial charge in [-0.25, -0.2) is 4.79 Å². The van der Waals surface area contributed by atoms with Gasteiger partial charge in [0.15, 0.2) is 0 Å². The van der Waals surface area contributed by atoms with Crippen LogP contribution in [0.1, 0.15) is 48.0 Å². The van der Waals surface area contributed by atoms with E-state index in [-0.39, 0.29) is 23.5 Å². The molecule has 6 N–H and O–H groups in total. The van der Waals surface area contributed by atoms with Gasteiger partial charge in [-0.3, -0.25) is 14.4 Å². The summed E-state index contributed by atoms with van der Waals surface area (Å²) in [5.41, 5.74) is 5.90. The highest BCUT2D eigenvalue weighted by atomic mass is 32.1. The molecule has 0 aliphatic heterocycles. The molecule has 3 amide bonds. The third-order valence-corrected chi connectivity index (χ3v) is 5.22. The summed E-state index contributed by atoms with van der Waals surface area (Å²) in [6.07, 6.45) is 0.711. The van der Waals surface area contributed by atoms with Crippen LogP contribution in [0.2, 0.25) is 0 Å². The van der Waals surface area contributed by atoms with E-state index in [0.717, 1.165) is 0 Å². The lowest BCUT2D eigenvalue weighted by atomic mass is 9.99. The first-order valence-electron chi connectivity index (χ1n) is 9.87. The number of hydrogen-bond donors (Lipinski definition) is 6. The predicted octanol–water partition coefficient (Wildman–Crippen LogP) is 0.141. The standard InChI is InChI=1S/C19H36N4O5S/c1-7-11(6)13(20)17(25)21-12(8-29)16(24)22-14(9(2)3)18(26)23-15(10(4)5)19(27)28/h9-15,29H,7-8,20H2,1-6H3,(H,21,25)(H,22,24)(H,23,26)(H,27,28). The maximum atomic E-state index is 12.6. The first kappa shape index (κ1) is 27.2. The van der Waals surface area contributed by atoms with Gasteiger partial charge in [-0.2, -0.15) is 12.6 Å². The average molecular weight is 433 g/mol. The summed E-state index contributed by atoms with van der Waals surface area (Å²) in [5.74, 6) is -3.49. The quantitative estimate of drug-likeness (QED) is 0.241. The highest BCUT2D eigenvalue weighted by molar-refractivity contribution is 7.80. The van der Waals surface area contributed by atoms with E-state index in [4.69, 9.17) is 5.73 Å². The van der Waals surface area contributed by atoms with Gasteiger partial charge < -0.3 is 26.8 Å². The van der Waals surface area contributed by atoms with Crippen LogP contribution in [0.3, 0.4) is 0 Å². The molecule has 0 heterocycles. The lowest BCUT2D eigenvalue weighted by Crippen LogP contribution is -2.59. The topological polar surface area (TPSA) is 151 Å². The molecule has 0 bridgehead atoms. The molecule has 0 saturated carbocycles. The first-order chi connectivity index (χ1) is 13.4. The third kappa shape index (κ3) is 8.61. The van der Waals surface area contributed by atoms with E-state index in [1.165, 1.54) is 0 Å². The van der Waals surface area contributed by atoms with Crippen molar-refractivity contribution in [1.82, 2.24) is 16.0 Å². The minimum atomic E-state index is -1.15. The van der Waals surface area contributed by atoms with Gasteiger partial charge in [0.25, 0.3) is 0 Å². The number of nitrogens with one attached hydrogen (secondary N) is 3. The van der Waals surface area contributed by atoms with Crippen molar-refractivity contribution in [3.8, 4) is 0 Å². The number of aliphatic carboxylic acids is 1. The molecule has 168 valence electrons. The van der Waals surface area contributed by atoms with Gasteiger partial charge in [0.1, 0.15) is 18.1 Å². The lowest BCUT2D eigenvalue weighted by Gasteiger charge is -2.27. The van der Waals surface area contributed by atoms with Gasteiger partial charge in [0.2, 0.25) is 17.7 Å². The Bertz CT molecular complexity index is 585. The van der Waals surface area contributed by atoms with Crippen LogP contribution in [0.4, 0.5) is 0 Å². The lowest BCUT2D eigenvalue weighted by molar-refractivity contribution is -0.143. The number of hydrogen-bond acceptors (Lipinski definition) is 6. The summed E-state index contributed by atoms with van der Waals surface area (Å²) in [5, 5.41) is 16.9. The van der Waals surface area contributed by atoms with Crippen molar-refractivity contribution in [2.45, 2.75) is 72.1 Å². The highest BCUT2D eigenvalue weighted by Gasteiger charge is 2.32. The Morgan fingerprint density at radius 1 is 0.862 bits per heavy atom. The summed E-state index contributed by atoms with van der Waals surface area (Å²) in [7, 11) is 0. The van der Waals surface area contributed by atoms with E-state index in [0.29, 0.717) is 6.42 Å². The van der Waals surface area contributed by atoms with Crippen molar-refractivity contribution in [2.75, 3.05) is 5.75 Å². The van der Waals surface area contributed by atoms with Gasteiger partial charge >= 0.3 is 5.97 Å². The van der Waals surface area contributed by atoms with Crippen LogP contribution in [-0.4, -0.2) is 58.7 Å². The monoisotopic (exact) mass is 432 g/mol. The number of amides is 3. The molecule has 0 aliphatic rings. The van der Waals surface area contributed by atoms with Crippen LogP contribution in [0, 0.1) is 17.8 Å². The Labute approximate surface area is 178 Å². The van der Waals surface area contributed by atoms with Gasteiger partial charge in [-0.05, 0) is 17.8 Å². The summed E-state index contributed by atoms with van der Waals surface area (Å²) < 4.78 is 0. The molecule has 0 saturated heterocycles. The van der Waals surface area contributed by atoms with E-state index in [1.54, 1.807) is 27.7 Å². The van der Waals surface area contributed by atoms with Gasteiger partial charge in [-0.15, -0.1) is 0 Å². The van der Waals surface area contributed by atoms with Crippen LogP contribution in [0.15, 0.2) is 0 Å². The maximum Gasteiger partial charge on any atom is 0.326 e. The van der Waals surface area contributed by atoms with Crippen molar-refractivity contribution in [3.05, 3.63) is 0 Å². The Balaban J connectivity index is 5.21. The van der Waals surface area contributed by atoms with Crippen molar-refractivity contribution in [2.24, 2.45) is 23.5 Å². The minimum absolute atomic E-state index is 0.0149. The molecule has 0 fully saturated rings. The van der Waals surface area contributed by atoms with Crippen LogP contribution >= 0.6 is 12.6 Å². The number of thiol groups is 1. The molecule has 0 aliphatic carbocycles. The maximum absolute atomic E-state index is 12.6. The average Bonchev–Trinajstić information content (AvgIpc) is 2.65. The Morgan fingerprint density at radius 3 is 1.72 bits per heavy atom. The molecule has 0 aromatic heterocycles. The second-order valence-electron chi connectivity index (χ2n) is 7.95. The van der Waals surface area contributed by atoms with E-state index in [1.807, 2.05) is 13.8 Å². The van der Waals surface area contributed by atoms with Crippen LogP contribution in [0.25, 0.3) is 0 Å². The Kier molecular flexibility index (Phi) is 11.9. The molecule has 0 aromatic rings. The summed E-state index contributed by atoms with van der Waals surface area (Å²) in [6, 6.07) is -3.78. The minimum Gasteiger partial charge on any atom is -0.480 e. The zero-order valence-corrected chi connectivity index (χ0v) is 19.0. The van der Waals surface area contributed by atoms with Crippen LogP contribution < -0.4 is 21.7 Å². The number of carboxylic acids is 1. The van der Waals surface area contributed by atoms with E-state index < -0.39 is 47.9 Å². The number of carbonyl (C=O) groups is 4. The predicted molar refractivity (Wildman–Crippen MR) is 114 cm³/mol. The SMILES string of the molecule is CCC(C)C(N)C(=O)NC(CS)C(=O)NC(C(=O)NC(C(=O)O)C(C)C)C(C)C. The number of carboxylic acid groups (broad SMARTS) is 1. The summed E-state index contributed by atoms with van der Waals surface area (Å²) in [6.45, 7) is 10.6. The first-order valence-corrected chi connectivity index (χ1v) is 10.5. The van der Waals surface area contributed by atoms with Crippen molar-refractivity contribution in [1.29, 1.82) is 0 Å². The van der Waals surface area contributed by atoms with Crippen molar-refractivity contribution >= 4 is 36.3 Å². The molecule has 5 atom stereocenters. The van der Waals surface area contributed by atoms with E-state index >= 15 is 0 Å². The number of nitrogens with two attached hydrogens (primary N) is 1.